The molecule has 1 aromatic heterocycles. The Labute approximate surface area is 126 Å². The highest BCUT2D eigenvalue weighted by Gasteiger charge is 2.07. The lowest BCUT2D eigenvalue weighted by atomic mass is 10.3. The van der Waals surface area contributed by atoms with Crippen LogP contribution in [-0.2, 0) is 19.5 Å². The van der Waals surface area contributed by atoms with Gasteiger partial charge in [0, 0.05) is 15.8 Å². The Morgan fingerprint density at radius 3 is 2.74 bits per heavy atom. The third-order valence-corrected chi connectivity index (χ3v) is 3.86. The van der Waals surface area contributed by atoms with Gasteiger partial charge in [-0.15, -0.1) is 0 Å². The van der Waals surface area contributed by atoms with Gasteiger partial charge in [0.05, 0.1) is 17.9 Å². The third kappa shape index (κ3) is 3.46. The van der Waals surface area contributed by atoms with Gasteiger partial charge in [-0.2, -0.15) is 5.10 Å². The van der Waals surface area contributed by atoms with Gasteiger partial charge in [0.2, 0.25) is 0 Å². The van der Waals surface area contributed by atoms with Crippen LogP contribution < -0.4 is 5.32 Å². The van der Waals surface area contributed by atoms with Crippen molar-refractivity contribution < 1.29 is 4.39 Å². The average Bonchev–Trinajstić information content (AvgIpc) is 2.80. The molecule has 1 aromatic carbocycles. The first-order chi connectivity index (χ1) is 9.13. The Bertz CT molecular complexity index is 566. The molecule has 102 valence electrons. The van der Waals surface area contributed by atoms with E-state index in [0.717, 1.165) is 33.6 Å². The molecule has 0 aliphatic carbocycles. The Hall–Kier alpha value is -1.11. The Balaban J connectivity index is 2.11. The van der Waals surface area contributed by atoms with Gasteiger partial charge in [0.15, 0.2) is 0 Å². The molecule has 3 nitrogen and oxygen atoms in total. The van der Waals surface area contributed by atoms with Crippen molar-refractivity contribution in [2.24, 2.45) is 0 Å². The van der Waals surface area contributed by atoms with Gasteiger partial charge in [-0.25, -0.2) is 4.39 Å². The zero-order valence-electron chi connectivity index (χ0n) is 11.1. The number of rotatable bonds is 5. The van der Waals surface area contributed by atoms with Crippen molar-refractivity contribution in [3.8, 4) is 0 Å². The second-order valence-electron chi connectivity index (χ2n) is 4.27. The minimum Gasteiger partial charge on any atom is -0.379 e. The summed E-state index contributed by atoms with van der Waals surface area (Å²) in [5.74, 6) is -0.207. The van der Waals surface area contributed by atoms with Crippen LogP contribution in [0.2, 0.25) is 0 Å². The van der Waals surface area contributed by atoms with E-state index in [1.807, 2.05) is 4.68 Å². The van der Waals surface area contributed by atoms with Crippen LogP contribution in [0.3, 0.4) is 0 Å². The lowest BCUT2D eigenvalue weighted by Gasteiger charge is -2.09. The normalized spacial score (nSPS) is 10.7. The van der Waals surface area contributed by atoms with Crippen LogP contribution in [0, 0.1) is 9.39 Å². The van der Waals surface area contributed by atoms with Crippen molar-refractivity contribution in [1.82, 2.24) is 9.78 Å². The summed E-state index contributed by atoms with van der Waals surface area (Å²) in [5, 5.41) is 7.84. The molecule has 0 bridgehead atoms. The molecule has 1 heterocycles. The van der Waals surface area contributed by atoms with E-state index in [9.17, 15) is 4.39 Å². The lowest BCUT2D eigenvalue weighted by Crippen LogP contribution is -2.08. The number of benzene rings is 1. The first-order valence-corrected chi connectivity index (χ1v) is 7.46. The molecular formula is C14H17FIN3. The summed E-state index contributed by atoms with van der Waals surface area (Å²) in [4.78, 5) is 0. The molecule has 5 heteroatoms. The monoisotopic (exact) mass is 373 g/mol. The molecule has 1 N–H and O–H groups in total. The van der Waals surface area contributed by atoms with Crippen LogP contribution in [0.15, 0.2) is 24.3 Å². The minimum atomic E-state index is -0.207. The van der Waals surface area contributed by atoms with Crippen molar-refractivity contribution in [1.29, 1.82) is 0 Å². The van der Waals surface area contributed by atoms with Crippen LogP contribution >= 0.6 is 22.6 Å². The largest absolute Gasteiger partial charge is 0.379 e. The second-order valence-corrected chi connectivity index (χ2v) is 5.44. The highest BCUT2D eigenvalue weighted by atomic mass is 127. The summed E-state index contributed by atoms with van der Waals surface area (Å²) < 4.78 is 15.9. The maximum Gasteiger partial charge on any atom is 0.124 e. The lowest BCUT2D eigenvalue weighted by molar-refractivity contribution is 0.618. The number of halogens is 2. The van der Waals surface area contributed by atoms with Crippen molar-refractivity contribution >= 4 is 28.3 Å². The number of aromatic nitrogens is 2. The van der Waals surface area contributed by atoms with E-state index in [0.29, 0.717) is 6.54 Å². The number of nitrogens with zero attached hydrogens (tertiary/aromatic N) is 2. The van der Waals surface area contributed by atoms with Crippen molar-refractivity contribution in [3.05, 3.63) is 45.0 Å². The maximum atomic E-state index is 13.0. The van der Waals surface area contributed by atoms with Crippen molar-refractivity contribution in [2.45, 2.75) is 33.4 Å². The minimum absolute atomic E-state index is 0.207. The summed E-state index contributed by atoms with van der Waals surface area (Å²) in [5.41, 5.74) is 3.20. The molecule has 0 aliphatic rings. The quantitative estimate of drug-likeness (QED) is 0.808. The molecule has 2 rings (SSSR count). The molecule has 0 fully saturated rings. The topological polar surface area (TPSA) is 29.9 Å². The van der Waals surface area contributed by atoms with Gasteiger partial charge < -0.3 is 5.32 Å². The van der Waals surface area contributed by atoms with E-state index < -0.39 is 0 Å². The second kappa shape index (κ2) is 6.36. The van der Waals surface area contributed by atoms with Gasteiger partial charge in [-0.05, 0) is 60.2 Å². The molecule has 0 spiro atoms. The first kappa shape index (κ1) is 14.3. The molecule has 0 saturated carbocycles. The van der Waals surface area contributed by atoms with E-state index in [1.54, 1.807) is 6.07 Å². The molecule has 0 aliphatic heterocycles. The molecule has 2 aromatic rings. The highest BCUT2D eigenvalue weighted by Crippen LogP contribution is 2.20. The maximum absolute atomic E-state index is 13.0. The van der Waals surface area contributed by atoms with E-state index in [4.69, 9.17) is 0 Å². The summed E-state index contributed by atoms with van der Waals surface area (Å²) in [6.07, 6.45) is 0.939. The SMILES string of the molecule is CCc1cc(CNc2ccc(F)cc2I)n(CC)n1. The molecule has 0 amide bonds. The smallest absolute Gasteiger partial charge is 0.124 e. The van der Waals surface area contributed by atoms with Crippen LogP contribution in [-0.4, -0.2) is 9.78 Å². The van der Waals surface area contributed by atoms with Crippen molar-refractivity contribution in [2.75, 3.05) is 5.32 Å². The summed E-state index contributed by atoms with van der Waals surface area (Å²) in [7, 11) is 0. The third-order valence-electron chi connectivity index (χ3n) is 2.97. The number of hydrogen-bond donors (Lipinski definition) is 1. The van der Waals surface area contributed by atoms with Crippen LogP contribution in [0.5, 0.6) is 0 Å². The summed E-state index contributed by atoms with van der Waals surface area (Å²) in [6.45, 7) is 5.74. The van der Waals surface area contributed by atoms with E-state index >= 15 is 0 Å². The highest BCUT2D eigenvalue weighted by molar-refractivity contribution is 14.1. The van der Waals surface area contributed by atoms with Crippen LogP contribution in [0.1, 0.15) is 25.2 Å². The Morgan fingerprint density at radius 2 is 2.11 bits per heavy atom. The molecule has 0 radical (unpaired) electrons. The van der Waals surface area contributed by atoms with Gasteiger partial charge in [-0.1, -0.05) is 6.92 Å². The fourth-order valence-corrected chi connectivity index (χ4v) is 2.59. The van der Waals surface area contributed by atoms with Gasteiger partial charge in [-0.3, -0.25) is 4.68 Å². The van der Waals surface area contributed by atoms with Crippen LogP contribution in [0.25, 0.3) is 0 Å². The molecular weight excluding hydrogens is 356 g/mol. The fourth-order valence-electron chi connectivity index (χ4n) is 1.92. The Kier molecular flexibility index (Phi) is 4.79. The van der Waals surface area contributed by atoms with Crippen molar-refractivity contribution in [3.63, 3.8) is 0 Å². The van der Waals surface area contributed by atoms with E-state index in [1.165, 1.54) is 12.1 Å². The number of hydrogen-bond acceptors (Lipinski definition) is 2. The van der Waals surface area contributed by atoms with E-state index in [2.05, 4.69) is 52.9 Å². The zero-order valence-corrected chi connectivity index (χ0v) is 13.2. The molecule has 19 heavy (non-hydrogen) atoms. The first-order valence-electron chi connectivity index (χ1n) is 6.38. The predicted octanol–water partition coefficient (Wildman–Crippen LogP) is 3.82. The average molecular weight is 373 g/mol. The Morgan fingerprint density at radius 1 is 1.32 bits per heavy atom. The number of nitrogens with one attached hydrogen (secondary N) is 1. The van der Waals surface area contributed by atoms with Gasteiger partial charge in [0.25, 0.3) is 0 Å². The van der Waals surface area contributed by atoms with Gasteiger partial charge >= 0.3 is 0 Å². The van der Waals surface area contributed by atoms with Gasteiger partial charge in [0.1, 0.15) is 5.82 Å². The standard InChI is InChI=1S/C14H17FIN3/c1-3-11-8-12(19(4-2)18-11)9-17-14-6-5-10(15)7-13(14)16/h5-8,17H,3-4,9H2,1-2H3. The fraction of sp³-hybridized carbons (Fsp3) is 0.357. The van der Waals surface area contributed by atoms with Crippen LogP contribution in [0.4, 0.5) is 10.1 Å². The number of anilines is 1. The zero-order chi connectivity index (χ0) is 13.8. The predicted molar refractivity (Wildman–Crippen MR) is 83.7 cm³/mol. The summed E-state index contributed by atoms with van der Waals surface area (Å²) in [6, 6.07) is 6.88. The molecule has 0 unspecified atom stereocenters. The summed E-state index contributed by atoms with van der Waals surface area (Å²) >= 11 is 2.13. The molecule has 0 saturated heterocycles. The van der Waals surface area contributed by atoms with E-state index in [-0.39, 0.29) is 5.82 Å². The molecule has 0 atom stereocenters. The number of aryl methyl sites for hydroxylation is 2.